The predicted octanol–water partition coefficient (Wildman–Crippen LogP) is 5.20. The normalized spacial score (nSPS) is 18.1. The monoisotopic (exact) mass is 419 g/mol. The zero-order valence-electron chi connectivity index (χ0n) is 10.7. The summed E-state index contributed by atoms with van der Waals surface area (Å²) in [6.07, 6.45) is 8.95. The summed E-state index contributed by atoms with van der Waals surface area (Å²) in [4.78, 5) is 0. The van der Waals surface area contributed by atoms with Gasteiger partial charge in [0.2, 0.25) is 0 Å². The summed E-state index contributed by atoms with van der Waals surface area (Å²) >= 11 is 6.02. The van der Waals surface area contributed by atoms with Crippen LogP contribution < -0.4 is 5.32 Å². The third-order valence-corrected chi connectivity index (χ3v) is 4.98. The topological polar surface area (TPSA) is 12.0 Å². The molecule has 1 nitrogen and oxygen atoms in total. The standard InChI is InChI=1S/C15H19BrIN/c1-18-15(11-6-4-2-3-5-7-11)13-10-12(16)8-9-14(13)17/h6,8-10,15,18H,2-5,7H2,1H3. The number of nitrogens with one attached hydrogen (secondary N) is 1. The molecule has 2 rings (SSSR count). The first-order chi connectivity index (χ1) is 8.72. The highest BCUT2D eigenvalue weighted by molar-refractivity contribution is 14.1. The van der Waals surface area contributed by atoms with Gasteiger partial charge in [0, 0.05) is 8.04 Å². The molecule has 0 saturated heterocycles. The number of hydrogen-bond acceptors (Lipinski definition) is 1. The molecule has 3 heteroatoms. The summed E-state index contributed by atoms with van der Waals surface area (Å²) in [6.45, 7) is 0. The fraction of sp³-hybridized carbons (Fsp3) is 0.467. The maximum atomic E-state index is 3.58. The van der Waals surface area contributed by atoms with Gasteiger partial charge in [-0.3, -0.25) is 0 Å². The second kappa shape index (κ2) is 7.06. The first-order valence-corrected chi connectivity index (χ1v) is 8.40. The highest BCUT2D eigenvalue weighted by Gasteiger charge is 2.18. The zero-order chi connectivity index (χ0) is 13.0. The lowest BCUT2D eigenvalue weighted by Gasteiger charge is -2.21. The van der Waals surface area contributed by atoms with Gasteiger partial charge >= 0.3 is 0 Å². The number of halogens is 2. The molecule has 0 heterocycles. The minimum Gasteiger partial charge on any atom is -0.310 e. The molecule has 0 amide bonds. The van der Waals surface area contributed by atoms with E-state index in [0.29, 0.717) is 6.04 Å². The van der Waals surface area contributed by atoms with E-state index in [1.165, 1.54) is 41.2 Å². The van der Waals surface area contributed by atoms with Crippen LogP contribution in [0.3, 0.4) is 0 Å². The molecule has 1 unspecified atom stereocenters. The van der Waals surface area contributed by atoms with Crippen molar-refractivity contribution in [2.24, 2.45) is 0 Å². The molecule has 1 aliphatic rings. The molecule has 1 atom stereocenters. The first kappa shape index (κ1) is 14.5. The number of hydrogen-bond donors (Lipinski definition) is 1. The lowest BCUT2D eigenvalue weighted by Crippen LogP contribution is -2.19. The van der Waals surface area contributed by atoms with Crippen molar-refractivity contribution in [2.45, 2.75) is 38.1 Å². The van der Waals surface area contributed by atoms with Crippen molar-refractivity contribution in [1.82, 2.24) is 5.32 Å². The van der Waals surface area contributed by atoms with Crippen LogP contribution in [0.5, 0.6) is 0 Å². The lowest BCUT2D eigenvalue weighted by molar-refractivity contribution is 0.626. The molecular weight excluding hydrogens is 401 g/mol. The molecule has 1 aromatic carbocycles. The summed E-state index contributed by atoms with van der Waals surface area (Å²) in [5.74, 6) is 0. The largest absolute Gasteiger partial charge is 0.310 e. The lowest BCUT2D eigenvalue weighted by atomic mass is 9.95. The van der Waals surface area contributed by atoms with E-state index in [0.717, 1.165) is 4.47 Å². The third-order valence-electron chi connectivity index (χ3n) is 3.50. The molecule has 1 aromatic rings. The Balaban J connectivity index is 2.32. The molecule has 0 bridgehead atoms. The Hall–Kier alpha value is 0.130. The number of likely N-dealkylation sites (N-methyl/N-ethyl adjacent to an activating group) is 1. The average molecular weight is 420 g/mol. The Bertz CT molecular complexity index is 442. The van der Waals surface area contributed by atoms with Crippen LogP contribution in [0.4, 0.5) is 0 Å². The Morgan fingerprint density at radius 2 is 2.11 bits per heavy atom. The van der Waals surface area contributed by atoms with Crippen LogP contribution in [0.1, 0.15) is 43.7 Å². The first-order valence-electron chi connectivity index (χ1n) is 6.53. The van der Waals surface area contributed by atoms with Gasteiger partial charge in [-0.25, -0.2) is 0 Å². The van der Waals surface area contributed by atoms with Crippen LogP contribution in [0.15, 0.2) is 34.3 Å². The Morgan fingerprint density at radius 3 is 2.89 bits per heavy atom. The molecule has 0 radical (unpaired) electrons. The Kier molecular flexibility index (Phi) is 5.70. The van der Waals surface area contributed by atoms with Crippen molar-refractivity contribution in [1.29, 1.82) is 0 Å². The van der Waals surface area contributed by atoms with Crippen LogP contribution >= 0.6 is 38.5 Å². The summed E-state index contributed by atoms with van der Waals surface area (Å²) < 4.78 is 2.49. The number of allylic oxidation sites excluding steroid dienone is 1. The summed E-state index contributed by atoms with van der Waals surface area (Å²) in [5.41, 5.74) is 2.95. The van der Waals surface area contributed by atoms with Gasteiger partial charge in [0.1, 0.15) is 0 Å². The molecule has 1 aliphatic carbocycles. The molecule has 98 valence electrons. The molecular formula is C15H19BrIN. The van der Waals surface area contributed by atoms with E-state index >= 15 is 0 Å². The van der Waals surface area contributed by atoms with Crippen molar-refractivity contribution in [3.63, 3.8) is 0 Å². The van der Waals surface area contributed by atoms with E-state index < -0.39 is 0 Å². The van der Waals surface area contributed by atoms with E-state index in [2.05, 4.69) is 75.2 Å². The van der Waals surface area contributed by atoms with Gasteiger partial charge in [0.05, 0.1) is 6.04 Å². The van der Waals surface area contributed by atoms with E-state index in [1.807, 2.05) is 0 Å². The molecule has 0 fully saturated rings. The SMILES string of the molecule is CNC(C1=CCCCCC1)c1cc(Br)ccc1I. The molecule has 0 spiro atoms. The zero-order valence-corrected chi connectivity index (χ0v) is 14.4. The van der Waals surface area contributed by atoms with Gasteiger partial charge in [-0.15, -0.1) is 0 Å². The summed E-state index contributed by atoms with van der Waals surface area (Å²) in [7, 11) is 2.06. The van der Waals surface area contributed by atoms with Crippen molar-refractivity contribution < 1.29 is 0 Å². The Morgan fingerprint density at radius 1 is 1.28 bits per heavy atom. The van der Waals surface area contributed by atoms with Crippen LogP contribution in [-0.4, -0.2) is 7.05 Å². The van der Waals surface area contributed by atoms with Gasteiger partial charge in [0.25, 0.3) is 0 Å². The average Bonchev–Trinajstić information content (AvgIpc) is 2.64. The smallest absolute Gasteiger partial charge is 0.0544 e. The highest BCUT2D eigenvalue weighted by atomic mass is 127. The van der Waals surface area contributed by atoms with E-state index in [1.54, 1.807) is 5.57 Å². The van der Waals surface area contributed by atoms with Crippen LogP contribution in [-0.2, 0) is 0 Å². The van der Waals surface area contributed by atoms with Crippen molar-refractivity contribution in [3.05, 3.63) is 43.5 Å². The predicted molar refractivity (Wildman–Crippen MR) is 89.8 cm³/mol. The van der Waals surface area contributed by atoms with Gasteiger partial charge in [-0.1, -0.05) is 34.0 Å². The maximum Gasteiger partial charge on any atom is 0.0544 e. The fourth-order valence-corrected chi connectivity index (χ4v) is 3.60. The van der Waals surface area contributed by atoms with Gasteiger partial charge in [-0.2, -0.15) is 0 Å². The van der Waals surface area contributed by atoms with Gasteiger partial charge in [-0.05, 0) is 79.1 Å². The van der Waals surface area contributed by atoms with Crippen LogP contribution in [0.25, 0.3) is 0 Å². The summed E-state index contributed by atoms with van der Waals surface area (Å²) in [6, 6.07) is 6.91. The number of benzene rings is 1. The second-order valence-electron chi connectivity index (χ2n) is 4.77. The van der Waals surface area contributed by atoms with Crippen LogP contribution in [0, 0.1) is 3.57 Å². The van der Waals surface area contributed by atoms with Gasteiger partial charge in [0.15, 0.2) is 0 Å². The Labute approximate surface area is 132 Å². The maximum absolute atomic E-state index is 3.58. The fourth-order valence-electron chi connectivity index (χ4n) is 2.58. The quantitative estimate of drug-likeness (QED) is 0.524. The third kappa shape index (κ3) is 3.58. The van der Waals surface area contributed by atoms with E-state index in [9.17, 15) is 0 Å². The summed E-state index contributed by atoms with van der Waals surface area (Å²) in [5, 5.41) is 3.49. The second-order valence-corrected chi connectivity index (χ2v) is 6.84. The van der Waals surface area contributed by atoms with Crippen LogP contribution in [0.2, 0.25) is 0 Å². The molecule has 0 saturated carbocycles. The van der Waals surface area contributed by atoms with Crippen molar-refractivity contribution in [2.75, 3.05) is 7.05 Å². The van der Waals surface area contributed by atoms with Gasteiger partial charge < -0.3 is 5.32 Å². The van der Waals surface area contributed by atoms with Crippen molar-refractivity contribution in [3.8, 4) is 0 Å². The minimum absolute atomic E-state index is 0.368. The molecule has 0 aromatic heterocycles. The van der Waals surface area contributed by atoms with E-state index in [-0.39, 0.29) is 0 Å². The molecule has 1 N–H and O–H groups in total. The molecule has 0 aliphatic heterocycles. The van der Waals surface area contributed by atoms with Crippen molar-refractivity contribution >= 4 is 38.5 Å². The molecule has 18 heavy (non-hydrogen) atoms. The van der Waals surface area contributed by atoms with E-state index in [4.69, 9.17) is 0 Å². The minimum atomic E-state index is 0.368. The number of rotatable bonds is 3. The highest BCUT2D eigenvalue weighted by Crippen LogP contribution is 2.32.